The van der Waals surface area contributed by atoms with Gasteiger partial charge in [0.2, 0.25) is 0 Å². The van der Waals surface area contributed by atoms with E-state index in [1.54, 1.807) is 61.9 Å². The zero-order valence-electron chi connectivity index (χ0n) is 12.3. The zero-order valence-corrected chi connectivity index (χ0v) is 13.1. The molecule has 0 saturated carbocycles. The number of benzene rings is 1. The van der Waals surface area contributed by atoms with E-state index in [1.165, 1.54) is 0 Å². The van der Waals surface area contributed by atoms with Gasteiger partial charge in [-0.25, -0.2) is 4.98 Å². The molecule has 2 rings (SSSR count). The van der Waals surface area contributed by atoms with Crippen LogP contribution in [0.15, 0.2) is 29.8 Å². The van der Waals surface area contributed by atoms with E-state index in [1.807, 2.05) is 5.38 Å². The number of hydrogen-bond donors (Lipinski definition) is 0. The van der Waals surface area contributed by atoms with Gasteiger partial charge in [0.05, 0.1) is 19.2 Å². The van der Waals surface area contributed by atoms with E-state index in [4.69, 9.17) is 9.47 Å². The maximum atomic E-state index is 12.6. The lowest BCUT2D eigenvalue weighted by molar-refractivity contribution is 0.0789. The Morgan fingerprint density at radius 1 is 1.29 bits per heavy atom. The molecule has 1 amide bonds. The minimum atomic E-state index is -0.124. The van der Waals surface area contributed by atoms with E-state index in [2.05, 4.69) is 4.98 Å². The molecule has 0 aliphatic heterocycles. The van der Waals surface area contributed by atoms with Crippen molar-refractivity contribution in [3.63, 3.8) is 0 Å². The second-order valence-corrected chi connectivity index (χ2v) is 5.42. The number of ether oxygens (including phenoxy) is 2. The van der Waals surface area contributed by atoms with Crippen molar-refractivity contribution in [3.8, 4) is 11.5 Å². The Morgan fingerprint density at radius 3 is 2.48 bits per heavy atom. The molecule has 0 unspecified atom stereocenters. The summed E-state index contributed by atoms with van der Waals surface area (Å²) in [6.07, 6.45) is 2.50. The highest BCUT2D eigenvalue weighted by atomic mass is 32.1. The minimum Gasteiger partial charge on any atom is -0.496 e. The van der Waals surface area contributed by atoms with Gasteiger partial charge in [-0.2, -0.15) is 0 Å². The molecule has 1 heterocycles. The van der Waals surface area contributed by atoms with Crippen molar-refractivity contribution in [2.75, 3.05) is 27.8 Å². The van der Waals surface area contributed by atoms with Crippen molar-refractivity contribution in [1.29, 1.82) is 0 Å². The summed E-state index contributed by atoms with van der Waals surface area (Å²) >= 11 is 1.59. The molecule has 0 atom stereocenters. The maximum Gasteiger partial charge on any atom is 0.261 e. The number of rotatable bonds is 6. The number of likely N-dealkylation sites (N-methyl/N-ethyl adjacent to an activating group) is 1. The van der Waals surface area contributed by atoms with Gasteiger partial charge in [-0.1, -0.05) is 6.07 Å². The van der Waals surface area contributed by atoms with Crippen molar-refractivity contribution >= 4 is 17.2 Å². The van der Waals surface area contributed by atoms with E-state index in [-0.39, 0.29) is 5.91 Å². The number of carbonyl (C=O) groups is 1. The molecule has 0 N–H and O–H groups in total. The summed E-state index contributed by atoms with van der Waals surface area (Å²) in [6.45, 7) is 0.591. The lowest BCUT2D eigenvalue weighted by Crippen LogP contribution is -2.29. The Hall–Kier alpha value is -2.08. The predicted molar refractivity (Wildman–Crippen MR) is 82.3 cm³/mol. The molecule has 0 saturated heterocycles. The molecule has 1 aromatic heterocycles. The largest absolute Gasteiger partial charge is 0.496 e. The molecule has 0 spiro atoms. The molecule has 2 aromatic rings. The van der Waals surface area contributed by atoms with Gasteiger partial charge in [0.15, 0.2) is 0 Å². The minimum absolute atomic E-state index is 0.124. The molecule has 6 heteroatoms. The fourth-order valence-electron chi connectivity index (χ4n) is 1.99. The number of thiazole rings is 1. The summed E-state index contributed by atoms with van der Waals surface area (Å²) in [7, 11) is 4.85. The fourth-order valence-corrected chi connectivity index (χ4v) is 2.60. The van der Waals surface area contributed by atoms with E-state index in [0.717, 1.165) is 11.4 Å². The summed E-state index contributed by atoms with van der Waals surface area (Å²) in [5.41, 5.74) is 0.448. The number of methoxy groups -OCH3 is 2. The van der Waals surface area contributed by atoms with Crippen molar-refractivity contribution in [3.05, 3.63) is 40.3 Å². The normalized spacial score (nSPS) is 10.2. The van der Waals surface area contributed by atoms with Gasteiger partial charge in [0.25, 0.3) is 5.91 Å². The molecule has 5 nitrogen and oxygen atoms in total. The first kappa shape index (κ1) is 15.3. The molecular formula is C15H18N2O3S. The lowest BCUT2D eigenvalue weighted by Gasteiger charge is -2.19. The number of nitrogens with zero attached hydrogens (tertiary/aromatic N) is 2. The highest BCUT2D eigenvalue weighted by Crippen LogP contribution is 2.29. The topological polar surface area (TPSA) is 51.7 Å². The van der Waals surface area contributed by atoms with E-state index < -0.39 is 0 Å². The number of aromatic nitrogens is 1. The molecule has 1 aromatic carbocycles. The van der Waals surface area contributed by atoms with Crippen LogP contribution in [0.4, 0.5) is 0 Å². The zero-order chi connectivity index (χ0) is 15.2. The standard InChI is InChI=1S/C15H18N2O3S/c1-17(9-7-13-16-8-10-21-13)15(18)14-11(19-2)5-4-6-12(14)20-3/h4-6,8,10H,7,9H2,1-3H3. The number of carbonyl (C=O) groups excluding carboxylic acids is 1. The monoisotopic (exact) mass is 306 g/mol. The Bertz CT molecular complexity index is 577. The molecular weight excluding hydrogens is 288 g/mol. The molecule has 0 fully saturated rings. The van der Waals surface area contributed by atoms with Crippen LogP contribution in [-0.2, 0) is 6.42 Å². The molecule has 0 radical (unpaired) electrons. The van der Waals surface area contributed by atoms with Gasteiger partial charge < -0.3 is 14.4 Å². The molecule has 112 valence electrons. The SMILES string of the molecule is COc1cccc(OC)c1C(=O)N(C)CCc1nccs1. The summed E-state index contributed by atoms with van der Waals surface area (Å²) < 4.78 is 10.5. The van der Waals surface area contributed by atoms with Crippen molar-refractivity contribution < 1.29 is 14.3 Å². The lowest BCUT2D eigenvalue weighted by atomic mass is 10.1. The van der Waals surface area contributed by atoms with Gasteiger partial charge in [-0.3, -0.25) is 4.79 Å². The van der Waals surface area contributed by atoms with Crippen LogP contribution in [0.25, 0.3) is 0 Å². The predicted octanol–water partition coefficient (Wildman–Crippen LogP) is 2.48. The van der Waals surface area contributed by atoms with Crippen molar-refractivity contribution in [1.82, 2.24) is 9.88 Å². The van der Waals surface area contributed by atoms with E-state index in [0.29, 0.717) is 23.6 Å². The maximum absolute atomic E-state index is 12.6. The summed E-state index contributed by atoms with van der Waals surface area (Å²) in [4.78, 5) is 18.5. The average Bonchev–Trinajstić information content (AvgIpc) is 3.04. The Labute approximate surface area is 128 Å². The van der Waals surface area contributed by atoms with Gasteiger partial charge in [-0.15, -0.1) is 11.3 Å². The third kappa shape index (κ3) is 3.52. The number of amides is 1. The second kappa shape index (κ2) is 7.08. The second-order valence-electron chi connectivity index (χ2n) is 4.44. The van der Waals surface area contributed by atoms with Crippen LogP contribution in [0, 0.1) is 0 Å². The first-order valence-corrected chi connectivity index (χ1v) is 7.40. The first-order valence-electron chi connectivity index (χ1n) is 6.52. The summed E-state index contributed by atoms with van der Waals surface area (Å²) in [5, 5.41) is 2.95. The highest BCUT2D eigenvalue weighted by Gasteiger charge is 2.21. The van der Waals surface area contributed by atoms with Gasteiger partial charge in [0.1, 0.15) is 17.1 Å². The molecule has 21 heavy (non-hydrogen) atoms. The van der Waals surface area contributed by atoms with Gasteiger partial charge in [0, 0.05) is 31.6 Å². The number of hydrogen-bond acceptors (Lipinski definition) is 5. The van der Waals surface area contributed by atoms with Crippen LogP contribution in [-0.4, -0.2) is 43.6 Å². The highest BCUT2D eigenvalue weighted by molar-refractivity contribution is 7.09. The third-order valence-corrected chi connectivity index (χ3v) is 3.97. The molecule has 0 aliphatic rings. The smallest absolute Gasteiger partial charge is 0.261 e. The Balaban J connectivity index is 2.15. The molecule has 0 aliphatic carbocycles. The van der Waals surface area contributed by atoms with Crippen LogP contribution < -0.4 is 9.47 Å². The summed E-state index contributed by atoms with van der Waals surface area (Å²) in [5.74, 6) is 0.904. The van der Waals surface area contributed by atoms with Crippen molar-refractivity contribution in [2.24, 2.45) is 0 Å². The van der Waals surface area contributed by atoms with Gasteiger partial charge in [-0.05, 0) is 12.1 Å². The third-order valence-electron chi connectivity index (χ3n) is 3.13. The van der Waals surface area contributed by atoms with E-state index in [9.17, 15) is 4.79 Å². The first-order chi connectivity index (χ1) is 10.2. The van der Waals surface area contributed by atoms with Crippen LogP contribution in [0.3, 0.4) is 0 Å². The van der Waals surface area contributed by atoms with Crippen LogP contribution in [0.2, 0.25) is 0 Å². The average molecular weight is 306 g/mol. The van der Waals surface area contributed by atoms with E-state index >= 15 is 0 Å². The van der Waals surface area contributed by atoms with Crippen molar-refractivity contribution in [2.45, 2.75) is 6.42 Å². The van der Waals surface area contributed by atoms with Gasteiger partial charge >= 0.3 is 0 Å². The molecule has 0 bridgehead atoms. The Morgan fingerprint density at radius 2 is 1.95 bits per heavy atom. The summed E-state index contributed by atoms with van der Waals surface area (Å²) in [6, 6.07) is 5.30. The van der Waals surface area contributed by atoms with Crippen LogP contribution in [0.1, 0.15) is 15.4 Å². The Kier molecular flexibility index (Phi) is 5.16. The quantitative estimate of drug-likeness (QED) is 0.823. The fraction of sp³-hybridized carbons (Fsp3) is 0.333. The van der Waals surface area contributed by atoms with Crippen LogP contribution >= 0.6 is 11.3 Å². The van der Waals surface area contributed by atoms with Crippen LogP contribution in [0.5, 0.6) is 11.5 Å².